The Bertz CT molecular complexity index is 927. The van der Waals surface area contributed by atoms with Crippen LogP contribution in [0.3, 0.4) is 0 Å². The highest BCUT2D eigenvalue weighted by Crippen LogP contribution is 2.16. The molecule has 158 valence electrons. The van der Waals surface area contributed by atoms with E-state index < -0.39 is 17.7 Å². The van der Waals surface area contributed by atoms with Crippen molar-refractivity contribution in [3.63, 3.8) is 0 Å². The molecule has 0 aromatic heterocycles. The van der Waals surface area contributed by atoms with Crippen molar-refractivity contribution >= 4 is 35.4 Å². The molecule has 0 unspecified atom stereocenters. The van der Waals surface area contributed by atoms with E-state index in [1.54, 1.807) is 82.3 Å². The van der Waals surface area contributed by atoms with Gasteiger partial charge in [0.15, 0.2) is 0 Å². The molecule has 0 aliphatic rings. The Labute approximate surface area is 176 Å². The molecule has 2 rings (SSSR count). The molecular weight excluding hydrogens is 384 g/mol. The van der Waals surface area contributed by atoms with Gasteiger partial charge >= 0.3 is 12.1 Å². The van der Waals surface area contributed by atoms with E-state index in [-0.39, 0.29) is 5.91 Å². The minimum absolute atomic E-state index is 0.322. The van der Waals surface area contributed by atoms with Crippen LogP contribution in [-0.4, -0.2) is 30.2 Å². The Morgan fingerprint density at radius 2 is 1.67 bits per heavy atom. The topological polar surface area (TPSA) is 93.7 Å². The molecule has 0 aliphatic carbocycles. The normalized spacial score (nSPS) is 11.1. The molecule has 0 atom stereocenters. The maximum absolute atomic E-state index is 12.5. The summed E-state index contributed by atoms with van der Waals surface area (Å²) in [6, 6.07) is 13.5. The number of ether oxygens (including phenoxy) is 2. The highest BCUT2D eigenvalue weighted by Gasteiger charge is 2.16. The first-order chi connectivity index (χ1) is 14.2. The zero-order valence-corrected chi connectivity index (χ0v) is 17.5. The highest BCUT2D eigenvalue weighted by molar-refractivity contribution is 6.05. The summed E-state index contributed by atoms with van der Waals surface area (Å²) < 4.78 is 10.0. The lowest BCUT2D eigenvalue weighted by molar-refractivity contribution is -0.137. The van der Waals surface area contributed by atoms with Crippen LogP contribution < -0.4 is 10.6 Å². The van der Waals surface area contributed by atoms with E-state index in [0.717, 1.165) is 5.56 Å². The number of carbonyl (C=O) groups excluding carboxylic acids is 3. The summed E-state index contributed by atoms with van der Waals surface area (Å²) in [7, 11) is 0. The highest BCUT2D eigenvalue weighted by atomic mass is 16.6. The third kappa shape index (κ3) is 7.79. The van der Waals surface area contributed by atoms with Crippen LogP contribution in [0, 0.1) is 0 Å². The monoisotopic (exact) mass is 410 g/mol. The van der Waals surface area contributed by atoms with E-state index in [9.17, 15) is 14.4 Å². The molecule has 0 saturated carbocycles. The van der Waals surface area contributed by atoms with Crippen molar-refractivity contribution in [2.24, 2.45) is 0 Å². The van der Waals surface area contributed by atoms with Gasteiger partial charge in [0, 0.05) is 23.0 Å². The lowest BCUT2D eigenvalue weighted by Crippen LogP contribution is -2.27. The molecule has 2 amide bonds. The summed E-state index contributed by atoms with van der Waals surface area (Å²) in [5.41, 5.74) is 1.62. The number of rotatable bonds is 6. The number of benzene rings is 2. The summed E-state index contributed by atoms with van der Waals surface area (Å²) in [6.07, 6.45) is 2.39. The first-order valence-corrected chi connectivity index (χ1v) is 9.52. The molecule has 30 heavy (non-hydrogen) atoms. The SMILES string of the molecule is CCOC(=O)/C=C/c1ccc(NC(=O)c2cccc(NC(=O)OC(C)(C)C)c2)cc1. The zero-order chi connectivity index (χ0) is 22.1. The molecule has 7 heteroatoms. The number of hydrogen-bond acceptors (Lipinski definition) is 5. The van der Waals surface area contributed by atoms with Crippen LogP contribution in [0.25, 0.3) is 6.08 Å². The minimum atomic E-state index is -0.614. The fourth-order valence-electron chi connectivity index (χ4n) is 2.40. The van der Waals surface area contributed by atoms with Gasteiger partial charge < -0.3 is 14.8 Å². The van der Waals surface area contributed by atoms with Crippen molar-refractivity contribution in [2.45, 2.75) is 33.3 Å². The van der Waals surface area contributed by atoms with Crippen LogP contribution in [0.15, 0.2) is 54.6 Å². The molecule has 2 N–H and O–H groups in total. The fraction of sp³-hybridized carbons (Fsp3) is 0.261. The second-order valence-corrected chi connectivity index (χ2v) is 7.37. The largest absolute Gasteiger partial charge is 0.463 e. The second kappa shape index (κ2) is 10.2. The van der Waals surface area contributed by atoms with Crippen LogP contribution >= 0.6 is 0 Å². The molecule has 0 saturated heterocycles. The number of esters is 1. The van der Waals surface area contributed by atoms with Gasteiger partial charge in [-0.1, -0.05) is 18.2 Å². The van der Waals surface area contributed by atoms with Crippen molar-refractivity contribution in [3.8, 4) is 0 Å². The molecule has 0 aliphatic heterocycles. The summed E-state index contributed by atoms with van der Waals surface area (Å²) in [5.74, 6) is -0.729. The Morgan fingerprint density at radius 3 is 2.30 bits per heavy atom. The summed E-state index contributed by atoms with van der Waals surface area (Å²) in [6.45, 7) is 7.38. The van der Waals surface area contributed by atoms with E-state index in [1.807, 2.05) is 0 Å². The first-order valence-electron chi connectivity index (χ1n) is 9.52. The molecule has 7 nitrogen and oxygen atoms in total. The number of hydrogen-bond donors (Lipinski definition) is 2. The molecule has 0 radical (unpaired) electrons. The van der Waals surface area contributed by atoms with Crippen molar-refractivity contribution in [3.05, 3.63) is 65.7 Å². The smallest absolute Gasteiger partial charge is 0.412 e. The lowest BCUT2D eigenvalue weighted by atomic mass is 10.1. The Kier molecular flexibility index (Phi) is 7.75. The average Bonchev–Trinajstić information content (AvgIpc) is 2.66. The van der Waals surface area contributed by atoms with E-state index in [2.05, 4.69) is 10.6 Å². The molecule has 2 aromatic carbocycles. The van der Waals surface area contributed by atoms with Gasteiger partial charge in [0.1, 0.15) is 5.60 Å². The van der Waals surface area contributed by atoms with Gasteiger partial charge in [0.05, 0.1) is 6.61 Å². The zero-order valence-electron chi connectivity index (χ0n) is 17.5. The van der Waals surface area contributed by atoms with E-state index in [1.165, 1.54) is 6.08 Å². The number of amides is 2. The molecule has 0 spiro atoms. The summed E-state index contributed by atoms with van der Waals surface area (Å²) in [5, 5.41) is 5.40. The van der Waals surface area contributed by atoms with Gasteiger partial charge in [0.25, 0.3) is 5.91 Å². The van der Waals surface area contributed by atoms with Crippen molar-refractivity contribution in [2.75, 3.05) is 17.2 Å². The van der Waals surface area contributed by atoms with E-state index in [0.29, 0.717) is 23.5 Å². The van der Waals surface area contributed by atoms with Crippen LogP contribution in [0.2, 0.25) is 0 Å². The maximum atomic E-state index is 12.5. The second-order valence-electron chi connectivity index (χ2n) is 7.37. The number of carbonyl (C=O) groups is 3. The van der Waals surface area contributed by atoms with Gasteiger partial charge in [-0.05, 0) is 69.7 Å². The van der Waals surface area contributed by atoms with Crippen molar-refractivity contribution < 1.29 is 23.9 Å². The van der Waals surface area contributed by atoms with Gasteiger partial charge in [-0.2, -0.15) is 0 Å². The fourth-order valence-corrected chi connectivity index (χ4v) is 2.40. The summed E-state index contributed by atoms with van der Waals surface area (Å²) >= 11 is 0. The van der Waals surface area contributed by atoms with Gasteiger partial charge in [-0.3, -0.25) is 10.1 Å². The Balaban J connectivity index is 1.99. The standard InChI is InChI=1S/C23H26N2O5/c1-5-29-20(26)14-11-16-9-12-18(13-10-16)24-21(27)17-7-6-8-19(15-17)25-22(28)30-23(2,3)4/h6-15H,5H2,1-4H3,(H,24,27)(H,25,28)/b14-11+. The quantitative estimate of drug-likeness (QED) is 0.524. The predicted octanol–water partition coefficient (Wildman–Crippen LogP) is 4.86. The van der Waals surface area contributed by atoms with E-state index in [4.69, 9.17) is 9.47 Å². The third-order valence-electron chi connectivity index (χ3n) is 3.64. The van der Waals surface area contributed by atoms with Crippen molar-refractivity contribution in [1.82, 2.24) is 0 Å². The number of nitrogens with one attached hydrogen (secondary N) is 2. The van der Waals surface area contributed by atoms with Crippen molar-refractivity contribution in [1.29, 1.82) is 0 Å². The molecule has 2 aromatic rings. The molecule has 0 heterocycles. The van der Waals surface area contributed by atoms with Crippen LogP contribution in [0.1, 0.15) is 43.6 Å². The third-order valence-corrected chi connectivity index (χ3v) is 3.64. The van der Waals surface area contributed by atoms with Gasteiger partial charge in [-0.15, -0.1) is 0 Å². The maximum Gasteiger partial charge on any atom is 0.412 e. The predicted molar refractivity (Wildman–Crippen MR) is 116 cm³/mol. The van der Waals surface area contributed by atoms with Crippen LogP contribution in [0.4, 0.5) is 16.2 Å². The average molecular weight is 410 g/mol. The minimum Gasteiger partial charge on any atom is -0.463 e. The molecule has 0 fully saturated rings. The van der Waals surface area contributed by atoms with Crippen LogP contribution in [0.5, 0.6) is 0 Å². The van der Waals surface area contributed by atoms with Crippen LogP contribution in [-0.2, 0) is 14.3 Å². The Morgan fingerprint density at radius 1 is 0.967 bits per heavy atom. The van der Waals surface area contributed by atoms with Gasteiger partial charge in [-0.25, -0.2) is 9.59 Å². The molecular formula is C23H26N2O5. The van der Waals surface area contributed by atoms with Gasteiger partial charge in [0.2, 0.25) is 0 Å². The van der Waals surface area contributed by atoms with E-state index >= 15 is 0 Å². The first kappa shape index (κ1) is 22.7. The Hall–Kier alpha value is -3.61. The molecule has 0 bridgehead atoms. The summed E-state index contributed by atoms with van der Waals surface area (Å²) in [4.78, 5) is 35.8. The lowest BCUT2D eigenvalue weighted by Gasteiger charge is -2.19. The number of anilines is 2.